The Morgan fingerprint density at radius 2 is 1.36 bits per heavy atom. The molecule has 6 aliphatic rings. The number of aliphatic hydroxyl groups is 1. The molecule has 2 aliphatic heterocycles. The topological polar surface area (TPSA) is 88.5 Å². The standard InChI is InChI=1S/C18H33NO3.C14H23NO2.C4H8O.Na.2H2S.H/c1-17(2,3)22-16(20)19(4)15(14-10-6-5-7-11-14)18(21)12-8-9-13-18;1-15-12(11-7-3-2-4-8-11)14(17-13(15)16)9-5-6-10-14;1-2-4-5-3-1;;;;/h14-15,21H,5-13H2,1-4H3;11-12H,2-10H2,1H3;1-4H2;;2*1H2;/q;;;+1;;;-1/t15-;12-;;;;;/m00...../s1. The van der Waals surface area contributed by atoms with Crippen molar-refractivity contribution in [1.29, 1.82) is 0 Å². The van der Waals surface area contributed by atoms with Gasteiger partial charge >= 0.3 is 41.7 Å². The Labute approximate surface area is 324 Å². The Bertz CT molecular complexity index is 909. The Hall–Kier alpha value is 0.160. The van der Waals surface area contributed by atoms with Gasteiger partial charge in [0.25, 0.3) is 0 Å². The first-order valence-electron chi connectivity index (χ1n) is 18.2. The SMILES string of the molecule is C1CCOC1.CN(C(=O)OC(C)(C)C)[C@@H](C1CCCCC1)C1(O)CCCC1.CN1C(=O)OC2(CCCC2)[C@@H]1C1CCCCC1.S.S.[H-].[Na+]. The van der Waals surface area contributed by atoms with E-state index in [1.165, 1.54) is 77.0 Å². The van der Waals surface area contributed by atoms with Crippen LogP contribution in [0.4, 0.5) is 9.59 Å². The van der Waals surface area contributed by atoms with Crippen molar-refractivity contribution in [2.45, 2.75) is 178 Å². The summed E-state index contributed by atoms with van der Waals surface area (Å²) in [5.74, 6) is 1.08. The first-order valence-corrected chi connectivity index (χ1v) is 18.2. The van der Waals surface area contributed by atoms with Crippen LogP contribution in [-0.4, -0.2) is 83.3 Å². The summed E-state index contributed by atoms with van der Waals surface area (Å²) < 4.78 is 16.3. The molecule has 4 aliphatic carbocycles. The van der Waals surface area contributed by atoms with Gasteiger partial charge in [0.15, 0.2) is 0 Å². The summed E-state index contributed by atoms with van der Waals surface area (Å²) in [6, 6.07) is 0.253. The van der Waals surface area contributed by atoms with E-state index in [2.05, 4.69) is 0 Å². The van der Waals surface area contributed by atoms with Crippen molar-refractivity contribution in [3.8, 4) is 0 Å². The number of rotatable bonds is 4. The third kappa shape index (κ3) is 12.4. The minimum Gasteiger partial charge on any atom is -1.00 e. The van der Waals surface area contributed by atoms with Crippen LogP contribution in [0.5, 0.6) is 0 Å². The number of nitrogens with zero attached hydrogens (tertiary/aromatic N) is 2. The molecule has 0 radical (unpaired) electrons. The normalized spacial score (nSPS) is 25.9. The maximum Gasteiger partial charge on any atom is 1.00 e. The van der Waals surface area contributed by atoms with Gasteiger partial charge in [-0.1, -0.05) is 51.4 Å². The fourth-order valence-electron chi connectivity index (χ4n) is 9.15. The van der Waals surface area contributed by atoms with E-state index in [0.717, 1.165) is 64.6 Å². The van der Waals surface area contributed by atoms with Crippen molar-refractivity contribution in [2.75, 3.05) is 27.3 Å². The molecule has 2 amide bonds. The molecule has 0 aromatic carbocycles. The molecule has 0 aromatic heterocycles. The minimum atomic E-state index is -0.729. The molecule has 2 saturated heterocycles. The van der Waals surface area contributed by atoms with E-state index in [4.69, 9.17) is 14.2 Å². The summed E-state index contributed by atoms with van der Waals surface area (Å²) in [7, 11) is 3.75. The van der Waals surface area contributed by atoms with Gasteiger partial charge < -0.3 is 30.5 Å². The van der Waals surface area contributed by atoms with Crippen molar-refractivity contribution in [3.63, 3.8) is 0 Å². The molecule has 0 unspecified atom stereocenters. The first-order chi connectivity index (χ1) is 21.0. The van der Waals surface area contributed by atoms with Gasteiger partial charge in [-0.2, -0.15) is 27.0 Å². The molecule has 2 atom stereocenters. The molecule has 6 rings (SSSR count). The number of amides is 2. The second-order valence-corrected chi connectivity index (χ2v) is 15.7. The zero-order valence-electron chi connectivity index (χ0n) is 31.7. The van der Waals surface area contributed by atoms with Crippen LogP contribution in [0.1, 0.15) is 151 Å². The zero-order chi connectivity index (χ0) is 31.8. The van der Waals surface area contributed by atoms with Crippen molar-refractivity contribution >= 4 is 39.2 Å². The number of ether oxygens (including phenoxy) is 3. The van der Waals surface area contributed by atoms with Crippen molar-refractivity contribution in [1.82, 2.24) is 9.80 Å². The Balaban J connectivity index is 0.000000758. The molecular formula is C36H69N2NaO6S2. The second-order valence-electron chi connectivity index (χ2n) is 15.7. The molecule has 2 heterocycles. The average Bonchev–Trinajstić information content (AvgIpc) is 3.81. The second kappa shape index (κ2) is 20.9. The fourth-order valence-corrected chi connectivity index (χ4v) is 9.15. The molecule has 1 spiro atoms. The van der Waals surface area contributed by atoms with Gasteiger partial charge in [-0.05, 0) is 110 Å². The van der Waals surface area contributed by atoms with Crippen LogP contribution < -0.4 is 29.6 Å². The molecule has 0 aromatic rings. The fraction of sp³-hybridized carbons (Fsp3) is 0.944. The van der Waals surface area contributed by atoms with E-state index in [0.29, 0.717) is 17.9 Å². The predicted molar refractivity (Wildman–Crippen MR) is 196 cm³/mol. The Morgan fingerprint density at radius 3 is 1.83 bits per heavy atom. The summed E-state index contributed by atoms with van der Waals surface area (Å²) >= 11 is 0. The number of likely N-dealkylation sites (N-methyl/N-ethyl adjacent to an activating group) is 2. The van der Waals surface area contributed by atoms with E-state index in [1.54, 1.807) is 4.90 Å². The van der Waals surface area contributed by atoms with Crippen LogP contribution >= 0.6 is 27.0 Å². The molecule has 6 fully saturated rings. The van der Waals surface area contributed by atoms with Gasteiger partial charge in [0.05, 0.1) is 17.7 Å². The van der Waals surface area contributed by atoms with Gasteiger partial charge in [-0.3, -0.25) is 0 Å². The summed E-state index contributed by atoms with van der Waals surface area (Å²) in [4.78, 5) is 28.0. The summed E-state index contributed by atoms with van der Waals surface area (Å²) in [5.41, 5.74) is -1.34. The maximum atomic E-state index is 12.5. The Kier molecular flexibility index (Phi) is 20.1. The van der Waals surface area contributed by atoms with E-state index in [1.807, 2.05) is 39.8 Å². The van der Waals surface area contributed by atoms with Crippen molar-refractivity contribution < 1.29 is 59.9 Å². The quantitative estimate of drug-likeness (QED) is 0.384. The van der Waals surface area contributed by atoms with Crippen LogP contribution in [0.15, 0.2) is 0 Å². The summed E-state index contributed by atoms with van der Waals surface area (Å²) in [6.07, 6.45) is 23.0. The van der Waals surface area contributed by atoms with Gasteiger partial charge in [-0.15, -0.1) is 0 Å². The minimum absolute atomic E-state index is 0. The van der Waals surface area contributed by atoms with Crippen LogP contribution in [-0.2, 0) is 14.2 Å². The van der Waals surface area contributed by atoms with Crippen LogP contribution in [0.3, 0.4) is 0 Å². The Morgan fingerprint density at radius 1 is 0.872 bits per heavy atom. The van der Waals surface area contributed by atoms with Gasteiger partial charge in [0, 0.05) is 27.3 Å². The number of carbonyl (C=O) groups is 2. The van der Waals surface area contributed by atoms with Crippen molar-refractivity contribution in [2.24, 2.45) is 11.8 Å². The smallest absolute Gasteiger partial charge is 1.00 e. The first kappa shape index (κ1) is 45.2. The van der Waals surface area contributed by atoms with E-state index >= 15 is 0 Å². The molecular weight excluding hydrogens is 644 g/mol. The van der Waals surface area contributed by atoms with Gasteiger partial charge in [0.2, 0.25) is 0 Å². The van der Waals surface area contributed by atoms with E-state index < -0.39 is 11.2 Å². The molecule has 8 nitrogen and oxygen atoms in total. The summed E-state index contributed by atoms with van der Waals surface area (Å²) in [6.45, 7) is 7.66. The van der Waals surface area contributed by atoms with E-state index in [9.17, 15) is 14.7 Å². The van der Waals surface area contributed by atoms with E-state index in [-0.39, 0.29) is 81.8 Å². The van der Waals surface area contributed by atoms with Crippen LogP contribution in [0, 0.1) is 11.8 Å². The monoisotopic (exact) mass is 712 g/mol. The third-order valence-electron chi connectivity index (χ3n) is 11.1. The molecule has 1 N–H and O–H groups in total. The number of hydrogen-bond acceptors (Lipinski definition) is 6. The average molecular weight is 713 g/mol. The van der Waals surface area contributed by atoms with Crippen molar-refractivity contribution in [3.05, 3.63) is 0 Å². The molecule has 0 bridgehead atoms. The summed E-state index contributed by atoms with van der Waals surface area (Å²) in [5, 5.41) is 11.2. The molecule has 4 saturated carbocycles. The van der Waals surface area contributed by atoms with Crippen LogP contribution in [0.2, 0.25) is 0 Å². The largest absolute Gasteiger partial charge is 1.00 e. The number of hydrogen-bond donors (Lipinski definition) is 1. The van der Waals surface area contributed by atoms with Gasteiger partial charge in [-0.25, -0.2) is 9.59 Å². The molecule has 272 valence electrons. The van der Waals surface area contributed by atoms with Gasteiger partial charge in [0.1, 0.15) is 11.2 Å². The van der Waals surface area contributed by atoms with Crippen LogP contribution in [0.25, 0.3) is 0 Å². The molecule has 47 heavy (non-hydrogen) atoms. The third-order valence-corrected chi connectivity index (χ3v) is 11.1. The predicted octanol–water partition coefficient (Wildman–Crippen LogP) is 5.58. The molecule has 11 heteroatoms. The zero-order valence-corrected chi connectivity index (χ0v) is 34.7. The maximum absolute atomic E-state index is 12.5. The number of carbonyl (C=O) groups excluding carboxylic acids is 2.